The number of benzene rings is 2. The monoisotopic (exact) mass is 424 g/mol. The van der Waals surface area contributed by atoms with Crippen molar-refractivity contribution in [1.82, 2.24) is 4.57 Å². The molecule has 3 aromatic rings. The number of nitroso groups, excluding NO2 is 1. The molecular formula is C23H24N2O4S. The number of pyridine rings is 1. The summed E-state index contributed by atoms with van der Waals surface area (Å²) >= 11 is 0. The molecule has 2 aromatic carbocycles. The van der Waals surface area contributed by atoms with E-state index in [4.69, 9.17) is 0 Å². The van der Waals surface area contributed by atoms with Crippen LogP contribution in [0.15, 0.2) is 81.7 Å². The van der Waals surface area contributed by atoms with E-state index < -0.39 is 15.9 Å². The second-order valence-corrected chi connectivity index (χ2v) is 9.53. The lowest BCUT2D eigenvalue weighted by atomic mass is 9.83. The number of aryl methyl sites for hydroxylation is 2. The SMILES string of the molecule is Cc1ccccc1[C@H](CC(N=O)c1ccc(=O)n(C)c1)c1ccc(S(C)(=O)=O)cc1. The number of aromatic nitrogens is 1. The summed E-state index contributed by atoms with van der Waals surface area (Å²) in [5.41, 5.74) is 3.52. The minimum atomic E-state index is -3.30. The van der Waals surface area contributed by atoms with Crippen LogP contribution < -0.4 is 5.56 Å². The van der Waals surface area contributed by atoms with Gasteiger partial charge in [0.1, 0.15) is 6.04 Å². The highest BCUT2D eigenvalue weighted by molar-refractivity contribution is 7.90. The quantitative estimate of drug-likeness (QED) is 0.534. The Balaban J connectivity index is 2.05. The van der Waals surface area contributed by atoms with Crippen LogP contribution in [-0.2, 0) is 16.9 Å². The highest BCUT2D eigenvalue weighted by Gasteiger charge is 2.24. The van der Waals surface area contributed by atoms with Crippen molar-refractivity contribution in [2.24, 2.45) is 12.2 Å². The van der Waals surface area contributed by atoms with Crippen LogP contribution in [0.4, 0.5) is 0 Å². The van der Waals surface area contributed by atoms with E-state index in [1.807, 2.05) is 31.2 Å². The van der Waals surface area contributed by atoms with Crippen molar-refractivity contribution in [3.63, 3.8) is 0 Å². The second-order valence-electron chi connectivity index (χ2n) is 7.52. The Bertz CT molecular complexity index is 1210. The molecule has 2 atom stereocenters. The Morgan fingerprint density at radius 2 is 1.60 bits per heavy atom. The van der Waals surface area contributed by atoms with Gasteiger partial charge in [0.05, 0.1) is 4.90 Å². The van der Waals surface area contributed by atoms with Crippen LogP contribution >= 0.6 is 0 Å². The fraction of sp³-hybridized carbons (Fsp3) is 0.261. The average Bonchev–Trinajstić information content (AvgIpc) is 2.71. The molecule has 0 aliphatic heterocycles. The molecule has 0 amide bonds. The van der Waals surface area contributed by atoms with Crippen LogP contribution in [0.3, 0.4) is 0 Å². The Morgan fingerprint density at radius 3 is 2.17 bits per heavy atom. The van der Waals surface area contributed by atoms with Gasteiger partial charge in [0, 0.05) is 31.5 Å². The Labute approximate surface area is 176 Å². The largest absolute Gasteiger partial charge is 0.318 e. The summed E-state index contributed by atoms with van der Waals surface area (Å²) in [7, 11) is -1.66. The van der Waals surface area contributed by atoms with Gasteiger partial charge in [-0.2, -0.15) is 4.91 Å². The van der Waals surface area contributed by atoms with Crippen LogP contribution in [0.25, 0.3) is 0 Å². The van der Waals surface area contributed by atoms with Gasteiger partial charge >= 0.3 is 0 Å². The number of hydrogen-bond acceptors (Lipinski definition) is 5. The van der Waals surface area contributed by atoms with Crippen LogP contribution in [0.1, 0.15) is 40.6 Å². The third kappa shape index (κ3) is 4.74. The van der Waals surface area contributed by atoms with Gasteiger partial charge in [-0.1, -0.05) is 41.6 Å². The van der Waals surface area contributed by atoms with E-state index in [0.29, 0.717) is 12.0 Å². The number of nitrogens with zero attached hydrogens (tertiary/aromatic N) is 2. The van der Waals surface area contributed by atoms with E-state index in [9.17, 15) is 18.1 Å². The first-order valence-corrected chi connectivity index (χ1v) is 11.4. The summed E-state index contributed by atoms with van der Waals surface area (Å²) < 4.78 is 25.1. The maximum absolute atomic E-state index is 11.8. The molecule has 3 rings (SSSR count). The molecule has 156 valence electrons. The third-order valence-corrected chi connectivity index (χ3v) is 6.48. The van der Waals surface area contributed by atoms with E-state index in [1.54, 1.807) is 43.6 Å². The van der Waals surface area contributed by atoms with Crippen LogP contribution in [-0.4, -0.2) is 19.2 Å². The molecule has 1 unspecified atom stereocenters. The van der Waals surface area contributed by atoms with E-state index in [0.717, 1.165) is 16.7 Å². The molecule has 6 nitrogen and oxygen atoms in total. The predicted molar refractivity (Wildman–Crippen MR) is 117 cm³/mol. The van der Waals surface area contributed by atoms with E-state index >= 15 is 0 Å². The molecule has 0 N–H and O–H groups in total. The predicted octanol–water partition coefficient (Wildman–Crippen LogP) is 4.13. The summed E-state index contributed by atoms with van der Waals surface area (Å²) in [6, 6.07) is 17.1. The van der Waals surface area contributed by atoms with Gasteiger partial charge in [-0.15, -0.1) is 0 Å². The lowest BCUT2D eigenvalue weighted by Gasteiger charge is -2.23. The van der Waals surface area contributed by atoms with E-state index in [1.165, 1.54) is 16.9 Å². The maximum Gasteiger partial charge on any atom is 0.250 e. The Kier molecular flexibility index (Phi) is 6.31. The zero-order chi connectivity index (χ0) is 21.9. The molecular weight excluding hydrogens is 400 g/mol. The zero-order valence-corrected chi connectivity index (χ0v) is 18.0. The summed E-state index contributed by atoms with van der Waals surface area (Å²) in [6.45, 7) is 2.00. The lowest BCUT2D eigenvalue weighted by Crippen LogP contribution is -2.16. The molecule has 7 heteroatoms. The van der Waals surface area contributed by atoms with E-state index in [2.05, 4.69) is 5.18 Å². The Morgan fingerprint density at radius 1 is 0.967 bits per heavy atom. The fourth-order valence-electron chi connectivity index (χ4n) is 3.64. The third-order valence-electron chi connectivity index (χ3n) is 5.35. The van der Waals surface area contributed by atoms with Crippen molar-refractivity contribution in [1.29, 1.82) is 0 Å². The van der Waals surface area contributed by atoms with Crippen molar-refractivity contribution in [2.45, 2.75) is 30.2 Å². The van der Waals surface area contributed by atoms with Gasteiger partial charge in [-0.05, 0) is 53.8 Å². The normalized spacial score (nSPS) is 13.6. The molecule has 30 heavy (non-hydrogen) atoms. The smallest absolute Gasteiger partial charge is 0.250 e. The van der Waals surface area contributed by atoms with E-state index in [-0.39, 0.29) is 16.4 Å². The molecule has 0 saturated heterocycles. The van der Waals surface area contributed by atoms with Crippen molar-refractivity contribution >= 4 is 9.84 Å². The molecule has 0 fully saturated rings. The zero-order valence-electron chi connectivity index (χ0n) is 17.1. The average molecular weight is 425 g/mol. The summed E-state index contributed by atoms with van der Waals surface area (Å²) in [5, 5.41) is 3.35. The Hall–Kier alpha value is -3.06. The maximum atomic E-state index is 11.8. The number of hydrogen-bond donors (Lipinski definition) is 0. The van der Waals surface area contributed by atoms with Crippen LogP contribution in [0.5, 0.6) is 0 Å². The van der Waals surface area contributed by atoms with Gasteiger partial charge < -0.3 is 4.57 Å². The molecule has 0 saturated carbocycles. The van der Waals surface area contributed by atoms with Crippen LogP contribution in [0.2, 0.25) is 0 Å². The number of rotatable bonds is 7. The molecule has 0 spiro atoms. The van der Waals surface area contributed by atoms with Gasteiger partial charge in [0.15, 0.2) is 9.84 Å². The van der Waals surface area contributed by atoms with Gasteiger partial charge in [0.25, 0.3) is 0 Å². The first kappa shape index (κ1) is 21.6. The van der Waals surface area contributed by atoms with Gasteiger partial charge in [0.2, 0.25) is 5.56 Å². The molecule has 0 aliphatic carbocycles. The number of sulfone groups is 1. The standard InChI is InChI=1S/C23H24N2O4S/c1-16-6-4-5-7-20(16)21(17-8-11-19(12-9-17)30(3,28)29)14-22(24-27)18-10-13-23(26)25(2)15-18/h4-13,15,21-22H,14H2,1-3H3/t21-,22?/m1/s1. The fourth-order valence-corrected chi connectivity index (χ4v) is 4.27. The van der Waals surface area contributed by atoms with Crippen LogP contribution in [0, 0.1) is 11.8 Å². The topological polar surface area (TPSA) is 85.6 Å². The van der Waals surface area contributed by atoms with Crippen molar-refractivity contribution in [3.05, 3.63) is 104 Å². The van der Waals surface area contributed by atoms with Crippen molar-refractivity contribution in [2.75, 3.05) is 6.26 Å². The first-order chi connectivity index (χ1) is 14.2. The highest BCUT2D eigenvalue weighted by Crippen LogP contribution is 2.37. The summed E-state index contributed by atoms with van der Waals surface area (Å²) in [6.07, 6.45) is 3.20. The minimum absolute atomic E-state index is 0.157. The molecule has 0 bridgehead atoms. The molecule has 1 heterocycles. The summed E-state index contributed by atoms with van der Waals surface area (Å²) in [5.74, 6) is -0.167. The summed E-state index contributed by atoms with van der Waals surface area (Å²) in [4.78, 5) is 23.7. The van der Waals surface area contributed by atoms with Crippen molar-refractivity contribution in [3.8, 4) is 0 Å². The lowest BCUT2D eigenvalue weighted by molar-refractivity contribution is 0.586. The van der Waals surface area contributed by atoms with Gasteiger partial charge in [-0.25, -0.2) is 8.42 Å². The van der Waals surface area contributed by atoms with Gasteiger partial charge in [-0.3, -0.25) is 4.79 Å². The minimum Gasteiger partial charge on any atom is -0.318 e. The molecule has 1 aromatic heterocycles. The second kappa shape index (κ2) is 8.75. The molecule has 0 aliphatic rings. The highest BCUT2D eigenvalue weighted by atomic mass is 32.2. The van der Waals surface area contributed by atoms with Crippen molar-refractivity contribution < 1.29 is 8.42 Å². The molecule has 0 radical (unpaired) electrons. The first-order valence-electron chi connectivity index (χ1n) is 9.55.